The van der Waals surface area contributed by atoms with Crippen LogP contribution in [0.3, 0.4) is 0 Å². The van der Waals surface area contributed by atoms with Gasteiger partial charge < -0.3 is 5.32 Å². The molecule has 1 aliphatic carbocycles. The topological polar surface area (TPSA) is 12.0 Å². The fourth-order valence-electron chi connectivity index (χ4n) is 2.90. The van der Waals surface area contributed by atoms with E-state index in [2.05, 4.69) is 35.0 Å². The van der Waals surface area contributed by atoms with Crippen molar-refractivity contribution in [3.05, 3.63) is 35.2 Å². The monoisotopic (exact) mass is 293 g/mol. The third kappa shape index (κ3) is 3.13. The minimum absolute atomic E-state index is 0.299. The molecule has 3 heteroatoms. The number of rotatable bonds is 3. The van der Waals surface area contributed by atoms with E-state index in [4.69, 9.17) is 11.6 Å². The average molecular weight is 294 g/mol. The summed E-state index contributed by atoms with van der Waals surface area (Å²) in [4.78, 5) is 0. The molecule has 102 valence electrons. The van der Waals surface area contributed by atoms with Gasteiger partial charge in [-0.25, -0.2) is 0 Å². The molecule has 1 saturated carbocycles. The Balaban J connectivity index is 1.68. The standard InChI is InChI=1S/C16H20ClNS/c17-14-7-2-1-3-8-15(14)18-10-12-11-19-16-9-5-4-6-13(12)16/h4-6,9,11,14-15,18H,1-3,7-8,10H2. The van der Waals surface area contributed by atoms with Crippen molar-refractivity contribution in [1.29, 1.82) is 0 Å². The van der Waals surface area contributed by atoms with Crippen molar-refractivity contribution in [2.24, 2.45) is 0 Å². The number of hydrogen-bond acceptors (Lipinski definition) is 2. The Bertz CT molecular complexity index is 536. The van der Waals surface area contributed by atoms with Gasteiger partial charge in [0.2, 0.25) is 0 Å². The molecule has 0 aliphatic heterocycles. The fraction of sp³-hybridized carbons (Fsp3) is 0.500. The van der Waals surface area contributed by atoms with Crippen molar-refractivity contribution in [3.8, 4) is 0 Å². The van der Waals surface area contributed by atoms with Crippen LogP contribution in [-0.4, -0.2) is 11.4 Å². The quantitative estimate of drug-likeness (QED) is 0.625. The molecule has 1 heterocycles. The molecule has 3 rings (SSSR count). The van der Waals surface area contributed by atoms with Crippen molar-refractivity contribution < 1.29 is 0 Å². The van der Waals surface area contributed by atoms with E-state index in [1.165, 1.54) is 41.3 Å². The number of alkyl halides is 1. The Labute approximate surface area is 124 Å². The van der Waals surface area contributed by atoms with Gasteiger partial charge in [-0.15, -0.1) is 22.9 Å². The molecule has 0 bridgehead atoms. The third-order valence-corrected chi connectivity index (χ3v) is 5.58. The van der Waals surface area contributed by atoms with E-state index in [9.17, 15) is 0 Å². The normalized spacial score (nSPS) is 24.5. The van der Waals surface area contributed by atoms with Crippen LogP contribution in [0.25, 0.3) is 10.1 Å². The summed E-state index contributed by atoms with van der Waals surface area (Å²) in [5.41, 5.74) is 1.41. The predicted octanol–water partition coefficient (Wildman–Crippen LogP) is 4.93. The van der Waals surface area contributed by atoms with Crippen LogP contribution in [0.15, 0.2) is 29.6 Å². The van der Waals surface area contributed by atoms with Crippen LogP contribution in [-0.2, 0) is 6.54 Å². The molecule has 1 aromatic heterocycles. The lowest BCUT2D eigenvalue weighted by Gasteiger charge is -2.21. The molecular formula is C16H20ClNS. The van der Waals surface area contributed by atoms with Crippen molar-refractivity contribution in [1.82, 2.24) is 5.32 Å². The number of halogens is 1. The summed E-state index contributed by atoms with van der Waals surface area (Å²) in [7, 11) is 0. The second kappa shape index (κ2) is 6.25. The van der Waals surface area contributed by atoms with Crippen molar-refractivity contribution in [3.63, 3.8) is 0 Å². The smallest absolute Gasteiger partial charge is 0.0489 e. The molecule has 2 unspecified atom stereocenters. The van der Waals surface area contributed by atoms with Crippen LogP contribution in [0.5, 0.6) is 0 Å². The van der Waals surface area contributed by atoms with Crippen LogP contribution in [0.2, 0.25) is 0 Å². The van der Waals surface area contributed by atoms with Gasteiger partial charge in [0.05, 0.1) is 0 Å². The average Bonchev–Trinajstić information content (AvgIpc) is 2.73. The van der Waals surface area contributed by atoms with Gasteiger partial charge in [0.1, 0.15) is 0 Å². The van der Waals surface area contributed by atoms with E-state index in [-0.39, 0.29) is 0 Å². The van der Waals surface area contributed by atoms with Gasteiger partial charge in [-0.3, -0.25) is 0 Å². The molecule has 1 nitrogen and oxygen atoms in total. The molecular weight excluding hydrogens is 274 g/mol. The zero-order valence-corrected chi connectivity index (χ0v) is 12.6. The molecule has 19 heavy (non-hydrogen) atoms. The molecule has 1 N–H and O–H groups in total. The second-order valence-corrected chi connectivity index (χ2v) is 6.87. The van der Waals surface area contributed by atoms with E-state index < -0.39 is 0 Å². The Morgan fingerprint density at radius 3 is 2.95 bits per heavy atom. The summed E-state index contributed by atoms with van der Waals surface area (Å²) < 4.78 is 1.38. The van der Waals surface area contributed by atoms with Gasteiger partial charge in [-0.1, -0.05) is 37.5 Å². The second-order valence-electron chi connectivity index (χ2n) is 5.40. The van der Waals surface area contributed by atoms with Crippen molar-refractivity contribution >= 4 is 33.0 Å². The zero-order chi connectivity index (χ0) is 13.1. The van der Waals surface area contributed by atoms with Gasteiger partial charge in [0.25, 0.3) is 0 Å². The Kier molecular flexibility index (Phi) is 4.42. The van der Waals surface area contributed by atoms with Crippen LogP contribution in [0.1, 0.15) is 37.7 Å². The maximum atomic E-state index is 6.49. The highest BCUT2D eigenvalue weighted by molar-refractivity contribution is 7.17. The Hall–Kier alpha value is -0.570. The molecule has 1 aromatic carbocycles. The first-order chi connectivity index (χ1) is 9.34. The van der Waals surface area contributed by atoms with E-state index >= 15 is 0 Å². The third-order valence-electron chi connectivity index (χ3n) is 4.05. The molecule has 2 aromatic rings. The summed E-state index contributed by atoms with van der Waals surface area (Å²) in [5, 5.41) is 7.64. The maximum absolute atomic E-state index is 6.49. The summed E-state index contributed by atoms with van der Waals surface area (Å²) in [6, 6.07) is 9.11. The highest BCUT2D eigenvalue weighted by atomic mass is 35.5. The highest BCUT2D eigenvalue weighted by Gasteiger charge is 2.21. The number of nitrogens with one attached hydrogen (secondary N) is 1. The fourth-order valence-corrected chi connectivity index (χ4v) is 4.24. The maximum Gasteiger partial charge on any atom is 0.0489 e. The van der Waals surface area contributed by atoms with E-state index in [0.717, 1.165) is 13.0 Å². The molecule has 0 radical (unpaired) electrons. The molecule has 1 fully saturated rings. The highest BCUT2D eigenvalue weighted by Crippen LogP contribution is 2.27. The predicted molar refractivity (Wildman–Crippen MR) is 85.2 cm³/mol. The molecule has 2 atom stereocenters. The SMILES string of the molecule is ClC1CCCCCC1NCc1csc2ccccc12. The number of benzene rings is 1. The summed E-state index contributed by atoms with van der Waals surface area (Å²) in [6.07, 6.45) is 6.31. The first-order valence-electron chi connectivity index (χ1n) is 7.17. The van der Waals surface area contributed by atoms with Crippen molar-refractivity contribution in [2.75, 3.05) is 0 Å². The zero-order valence-electron chi connectivity index (χ0n) is 11.1. The lowest BCUT2D eigenvalue weighted by molar-refractivity contribution is 0.466. The van der Waals surface area contributed by atoms with Gasteiger partial charge in [0, 0.05) is 22.7 Å². The summed E-state index contributed by atoms with van der Waals surface area (Å²) >= 11 is 8.32. The van der Waals surface area contributed by atoms with Crippen LogP contribution in [0.4, 0.5) is 0 Å². The van der Waals surface area contributed by atoms with Gasteiger partial charge in [-0.05, 0) is 35.2 Å². The number of thiophene rings is 1. The van der Waals surface area contributed by atoms with Gasteiger partial charge >= 0.3 is 0 Å². The minimum Gasteiger partial charge on any atom is -0.308 e. The Morgan fingerprint density at radius 1 is 1.16 bits per heavy atom. The van der Waals surface area contributed by atoms with E-state index in [1.54, 1.807) is 0 Å². The number of hydrogen-bond donors (Lipinski definition) is 1. The van der Waals surface area contributed by atoms with Crippen LogP contribution < -0.4 is 5.32 Å². The number of fused-ring (bicyclic) bond motifs is 1. The largest absolute Gasteiger partial charge is 0.308 e. The van der Waals surface area contributed by atoms with Gasteiger partial charge in [0.15, 0.2) is 0 Å². The Morgan fingerprint density at radius 2 is 2.00 bits per heavy atom. The minimum atomic E-state index is 0.299. The first kappa shape index (κ1) is 13.4. The first-order valence-corrected chi connectivity index (χ1v) is 8.49. The summed E-state index contributed by atoms with van der Waals surface area (Å²) in [5.74, 6) is 0. The van der Waals surface area contributed by atoms with Crippen LogP contribution >= 0.6 is 22.9 Å². The van der Waals surface area contributed by atoms with Crippen LogP contribution in [0, 0.1) is 0 Å². The lowest BCUT2D eigenvalue weighted by atomic mass is 10.1. The molecule has 1 aliphatic rings. The van der Waals surface area contributed by atoms with Crippen molar-refractivity contribution in [2.45, 2.75) is 50.1 Å². The molecule has 0 amide bonds. The molecule has 0 spiro atoms. The lowest BCUT2D eigenvalue weighted by Crippen LogP contribution is -2.35. The molecule has 0 saturated heterocycles. The van der Waals surface area contributed by atoms with E-state index in [1.807, 2.05) is 11.3 Å². The summed E-state index contributed by atoms with van der Waals surface area (Å²) in [6.45, 7) is 0.942. The van der Waals surface area contributed by atoms with Gasteiger partial charge in [-0.2, -0.15) is 0 Å². The van der Waals surface area contributed by atoms with E-state index in [0.29, 0.717) is 11.4 Å².